The zero-order chi connectivity index (χ0) is 16.4. The highest BCUT2D eigenvalue weighted by atomic mass is 16.5. The quantitative estimate of drug-likeness (QED) is 0.467. The van der Waals surface area contributed by atoms with Crippen LogP contribution < -0.4 is 5.73 Å². The van der Waals surface area contributed by atoms with Crippen molar-refractivity contribution in [2.75, 3.05) is 7.11 Å². The Hall–Kier alpha value is -1.80. The fourth-order valence-corrected chi connectivity index (χ4v) is 1.55. The molecule has 0 aromatic heterocycles. The van der Waals surface area contributed by atoms with Crippen molar-refractivity contribution in [2.24, 2.45) is 11.7 Å². The van der Waals surface area contributed by atoms with Crippen LogP contribution in [0.5, 0.6) is 0 Å². The van der Waals surface area contributed by atoms with E-state index in [1.807, 2.05) is 25.2 Å². The summed E-state index contributed by atoms with van der Waals surface area (Å²) in [5.74, 6) is 0.999. The molecule has 0 amide bonds. The average molecular weight is 287 g/mol. The zero-order valence-corrected chi connectivity index (χ0v) is 13.7. The molecule has 0 aromatic carbocycles. The van der Waals surface area contributed by atoms with Crippen LogP contribution in [-0.2, 0) is 4.74 Å². The molecule has 0 saturated heterocycles. The number of rotatable bonds is 10. The van der Waals surface area contributed by atoms with Gasteiger partial charge in [-0.25, -0.2) is 0 Å². The maximum absolute atomic E-state index is 5.77. The van der Waals surface area contributed by atoms with E-state index in [-0.39, 0.29) is 6.04 Å². The first-order chi connectivity index (χ1) is 9.77. The van der Waals surface area contributed by atoms with Crippen LogP contribution >= 0.6 is 0 Å². The lowest BCUT2D eigenvalue weighted by Crippen LogP contribution is -2.15. The molecule has 0 fully saturated rings. The molecule has 0 aliphatic carbocycles. The summed E-state index contributed by atoms with van der Waals surface area (Å²) < 4.78 is 4.96. The molecule has 0 aliphatic rings. The molecule has 2 unspecified atom stereocenters. The first-order valence-corrected chi connectivity index (χ1v) is 7.19. The summed E-state index contributed by atoms with van der Waals surface area (Å²) in [6.07, 6.45) is 9.58. The van der Waals surface area contributed by atoms with Crippen molar-refractivity contribution in [3.8, 4) is 0 Å². The van der Waals surface area contributed by atoms with E-state index in [0.29, 0.717) is 11.7 Å². The Morgan fingerprint density at radius 2 is 1.48 bits per heavy atom. The van der Waals surface area contributed by atoms with Gasteiger partial charge in [0.15, 0.2) is 0 Å². The summed E-state index contributed by atoms with van der Waals surface area (Å²) in [7, 11) is 1.58. The van der Waals surface area contributed by atoms with Gasteiger partial charge in [0.05, 0.1) is 7.11 Å². The second-order valence-corrected chi connectivity index (χ2v) is 5.42. The van der Waals surface area contributed by atoms with Gasteiger partial charge in [-0.1, -0.05) is 57.0 Å². The molecule has 2 nitrogen and oxygen atoms in total. The van der Waals surface area contributed by atoms with Crippen LogP contribution in [0.2, 0.25) is 0 Å². The van der Waals surface area contributed by atoms with Gasteiger partial charge in [0, 0.05) is 6.04 Å². The summed E-state index contributed by atoms with van der Waals surface area (Å²) in [5.41, 5.74) is 8.52. The molecular formula is C19H29NO. The highest BCUT2D eigenvalue weighted by molar-refractivity contribution is 5.45. The minimum atomic E-state index is 0.234. The molecular weight excluding hydrogens is 258 g/mol. The third-order valence-corrected chi connectivity index (χ3v) is 3.33. The molecule has 0 aliphatic heterocycles. The van der Waals surface area contributed by atoms with Crippen molar-refractivity contribution in [1.29, 1.82) is 0 Å². The molecule has 0 radical (unpaired) electrons. The highest BCUT2D eigenvalue weighted by Gasteiger charge is 2.05. The fourth-order valence-electron chi connectivity index (χ4n) is 1.55. The summed E-state index contributed by atoms with van der Waals surface area (Å²) in [5, 5.41) is 0. The van der Waals surface area contributed by atoms with Gasteiger partial charge < -0.3 is 10.5 Å². The maximum atomic E-state index is 5.77. The van der Waals surface area contributed by atoms with Gasteiger partial charge in [0.25, 0.3) is 0 Å². The van der Waals surface area contributed by atoms with Gasteiger partial charge in [0.1, 0.15) is 5.76 Å². The van der Waals surface area contributed by atoms with E-state index in [9.17, 15) is 0 Å². The van der Waals surface area contributed by atoms with Crippen LogP contribution in [0.4, 0.5) is 0 Å². The smallest absolute Gasteiger partial charge is 0.111 e. The van der Waals surface area contributed by atoms with Crippen molar-refractivity contribution >= 4 is 0 Å². The van der Waals surface area contributed by atoms with Crippen LogP contribution in [0.15, 0.2) is 73.1 Å². The molecule has 0 aromatic rings. The lowest BCUT2D eigenvalue weighted by Gasteiger charge is -2.13. The minimum absolute atomic E-state index is 0.234. The van der Waals surface area contributed by atoms with Crippen molar-refractivity contribution < 1.29 is 4.74 Å². The highest BCUT2D eigenvalue weighted by Crippen LogP contribution is 2.18. The second kappa shape index (κ2) is 10.0. The molecule has 2 N–H and O–H groups in total. The molecule has 0 rings (SSSR count). The largest absolute Gasteiger partial charge is 0.497 e. The molecule has 2 atom stereocenters. The van der Waals surface area contributed by atoms with Crippen LogP contribution in [0.25, 0.3) is 0 Å². The van der Waals surface area contributed by atoms with Crippen molar-refractivity contribution in [3.63, 3.8) is 0 Å². The molecule has 21 heavy (non-hydrogen) atoms. The van der Waals surface area contributed by atoms with Crippen molar-refractivity contribution in [3.05, 3.63) is 73.1 Å². The van der Waals surface area contributed by atoms with Crippen LogP contribution in [-0.4, -0.2) is 13.2 Å². The van der Waals surface area contributed by atoms with Crippen molar-refractivity contribution in [2.45, 2.75) is 32.7 Å². The second-order valence-electron chi connectivity index (χ2n) is 5.42. The normalized spacial score (nSPS) is 14.1. The van der Waals surface area contributed by atoms with Crippen molar-refractivity contribution in [1.82, 2.24) is 0 Å². The minimum Gasteiger partial charge on any atom is -0.497 e. The third kappa shape index (κ3) is 8.87. The number of nitrogens with two attached hydrogens (primary N) is 1. The first kappa shape index (κ1) is 19.2. The predicted octanol–water partition coefficient (Wildman–Crippen LogP) is 4.69. The average Bonchev–Trinajstić information content (AvgIpc) is 2.46. The number of ether oxygens (including phenoxy) is 1. The van der Waals surface area contributed by atoms with Crippen LogP contribution in [0, 0.1) is 5.92 Å². The SMILES string of the molecule is C=C(/C=C\C(=C)C(=C)/C=C\C(=C)C(C)CCC(C)N)OC. The first-order valence-electron chi connectivity index (χ1n) is 7.19. The molecule has 0 heterocycles. The Balaban J connectivity index is 4.42. The Kier molecular flexibility index (Phi) is 9.15. The topological polar surface area (TPSA) is 35.2 Å². The van der Waals surface area contributed by atoms with E-state index in [1.165, 1.54) is 0 Å². The van der Waals surface area contributed by atoms with Crippen LogP contribution in [0.1, 0.15) is 26.7 Å². The van der Waals surface area contributed by atoms with E-state index < -0.39 is 0 Å². The Morgan fingerprint density at radius 3 is 1.95 bits per heavy atom. The summed E-state index contributed by atoms with van der Waals surface area (Å²) >= 11 is 0. The number of methoxy groups -OCH3 is 1. The molecule has 2 heteroatoms. The maximum Gasteiger partial charge on any atom is 0.111 e. The van der Waals surface area contributed by atoms with Gasteiger partial charge >= 0.3 is 0 Å². The lowest BCUT2D eigenvalue weighted by atomic mass is 9.94. The van der Waals surface area contributed by atoms with Crippen LogP contribution in [0.3, 0.4) is 0 Å². The van der Waals surface area contributed by atoms with E-state index in [0.717, 1.165) is 29.6 Å². The van der Waals surface area contributed by atoms with Gasteiger partial charge in [-0.05, 0) is 42.9 Å². The number of allylic oxidation sites excluding steroid dienone is 7. The molecule has 116 valence electrons. The third-order valence-electron chi connectivity index (χ3n) is 3.33. The Bertz CT molecular complexity index is 452. The lowest BCUT2D eigenvalue weighted by molar-refractivity contribution is 0.309. The predicted molar refractivity (Wildman–Crippen MR) is 93.9 cm³/mol. The zero-order valence-electron chi connectivity index (χ0n) is 13.7. The molecule has 0 spiro atoms. The molecule has 0 bridgehead atoms. The van der Waals surface area contributed by atoms with Gasteiger partial charge in [0.2, 0.25) is 0 Å². The van der Waals surface area contributed by atoms with E-state index in [1.54, 1.807) is 13.2 Å². The Labute approximate surface area is 130 Å². The summed E-state index contributed by atoms with van der Waals surface area (Å²) in [4.78, 5) is 0. The van der Waals surface area contributed by atoms with Gasteiger partial charge in [-0.3, -0.25) is 0 Å². The summed E-state index contributed by atoms with van der Waals surface area (Å²) in [6.45, 7) is 20.0. The fraction of sp³-hybridized carbons (Fsp3) is 0.368. The van der Waals surface area contributed by atoms with E-state index in [4.69, 9.17) is 10.5 Å². The van der Waals surface area contributed by atoms with Gasteiger partial charge in [-0.15, -0.1) is 0 Å². The van der Waals surface area contributed by atoms with Gasteiger partial charge in [-0.2, -0.15) is 0 Å². The molecule has 0 saturated carbocycles. The van der Waals surface area contributed by atoms with E-state index >= 15 is 0 Å². The summed E-state index contributed by atoms with van der Waals surface area (Å²) in [6, 6.07) is 0.234. The monoisotopic (exact) mass is 287 g/mol. The Morgan fingerprint density at radius 1 is 0.952 bits per heavy atom. The number of hydrogen-bond donors (Lipinski definition) is 1. The van der Waals surface area contributed by atoms with E-state index in [2.05, 4.69) is 33.2 Å². The standard InChI is InChI=1S/C19H29NO/c1-14(16(3)10-12-18(5)20)8-9-15(2)17(4)11-13-19(6)21-7/h8-9,11,13,16,18H,1-2,4,6,10,12,20H2,3,5,7H3/b9-8-,13-11-. The number of hydrogen-bond acceptors (Lipinski definition) is 2.